The number of nitrogens with one attached hydrogen (secondary N) is 2. The summed E-state index contributed by atoms with van der Waals surface area (Å²) in [5, 5.41) is 16.2. The van der Waals surface area contributed by atoms with Gasteiger partial charge in [-0.1, -0.05) is 15.9 Å². The zero-order chi connectivity index (χ0) is 19.8. The van der Waals surface area contributed by atoms with E-state index in [0.717, 1.165) is 10.5 Å². The lowest BCUT2D eigenvalue weighted by Gasteiger charge is -2.08. The average molecular weight is 438 g/mol. The molecule has 142 valence electrons. The van der Waals surface area contributed by atoms with Crippen LogP contribution in [-0.2, 0) is 4.79 Å². The number of amides is 2. The minimum Gasteiger partial charge on any atom is -0.496 e. The van der Waals surface area contributed by atoms with Gasteiger partial charge in [-0.15, -0.1) is 0 Å². The molecule has 0 saturated carbocycles. The number of benzene rings is 2. The van der Waals surface area contributed by atoms with E-state index in [0.29, 0.717) is 5.69 Å². The van der Waals surface area contributed by atoms with Crippen molar-refractivity contribution in [2.45, 2.75) is 6.42 Å². The third-order valence-corrected chi connectivity index (χ3v) is 3.83. The van der Waals surface area contributed by atoms with Crippen LogP contribution in [0.2, 0.25) is 0 Å². The van der Waals surface area contributed by atoms with Crippen molar-refractivity contribution in [3.05, 3.63) is 57.1 Å². The van der Waals surface area contributed by atoms with Crippen LogP contribution in [-0.4, -0.2) is 30.6 Å². The van der Waals surface area contributed by atoms with E-state index in [9.17, 15) is 19.7 Å². The number of methoxy groups -OCH3 is 1. The second-order valence-electron chi connectivity index (χ2n) is 5.20. The zero-order valence-electron chi connectivity index (χ0n) is 14.2. The maximum absolute atomic E-state index is 11.9. The maximum Gasteiger partial charge on any atom is 0.319 e. The minimum atomic E-state index is -0.716. The molecule has 0 unspecified atom stereocenters. The van der Waals surface area contributed by atoms with Crippen molar-refractivity contribution in [1.82, 2.24) is 5.32 Å². The fourth-order valence-corrected chi connectivity index (χ4v) is 2.28. The van der Waals surface area contributed by atoms with E-state index in [1.807, 2.05) is 0 Å². The predicted octanol–water partition coefficient (Wildman–Crippen LogP) is 3.48. The highest BCUT2D eigenvalue weighted by molar-refractivity contribution is 9.10. The molecule has 2 aromatic carbocycles. The molecule has 0 aliphatic heterocycles. The van der Waals surface area contributed by atoms with Crippen molar-refractivity contribution >= 4 is 39.3 Å². The Morgan fingerprint density at radius 2 is 1.89 bits per heavy atom. The number of hydrogen-bond acceptors (Lipinski definition) is 6. The molecule has 0 fully saturated rings. The molecule has 2 amide bonds. The van der Waals surface area contributed by atoms with Crippen LogP contribution in [0.25, 0.3) is 0 Å². The third-order valence-electron chi connectivity index (χ3n) is 3.30. The van der Waals surface area contributed by atoms with E-state index in [1.54, 1.807) is 24.3 Å². The van der Waals surface area contributed by atoms with Gasteiger partial charge in [0.2, 0.25) is 5.75 Å². The third kappa shape index (κ3) is 6.26. The second kappa shape index (κ2) is 9.53. The molecule has 9 nitrogen and oxygen atoms in total. The number of urea groups is 1. The Morgan fingerprint density at radius 3 is 2.52 bits per heavy atom. The van der Waals surface area contributed by atoms with E-state index >= 15 is 0 Å². The molecular formula is C17H16BrN3O6. The van der Waals surface area contributed by atoms with Crippen molar-refractivity contribution < 1.29 is 24.0 Å². The molecule has 0 saturated heterocycles. The van der Waals surface area contributed by atoms with Crippen LogP contribution >= 0.6 is 15.9 Å². The smallest absolute Gasteiger partial charge is 0.319 e. The van der Waals surface area contributed by atoms with Gasteiger partial charge < -0.3 is 20.1 Å². The number of halogens is 1. The van der Waals surface area contributed by atoms with Crippen molar-refractivity contribution in [3.8, 4) is 11.5 Å². The number of carbonyl (C=O) groups is 2. The molecule has 0 atom stereocenters. The zero-order valence-corrected chi connectivity index (χ0v) is 15.8. The van der Waals surface area contributed by atoms with Gasteiger partial charge in [0.05, 0.1) is 24.5 Å². The summed E-state index contributed by atoms with van der Waals surface area (Å²) in [4.78, 5) is 34.0. The molecule has 2 aromatic rings. The van der Waals surface area contributed by atoms with Crippen LogP contribution < -0.4 is 20.1 Å². The molecule has 0 aromatic heterocycles. The summed E-state index contributed by atoms with van der Waals surface area (Å²) in [6.07, 6.45) is -0.156. The molecule has 0 radical (unpaired) electrons. The van der Waals surface area contributed by atoms with Gasteiger partial charge in [-0.3, -0.25) is 14.9 Å². The first-order valence-corrected chi connectivity index (χ1v) is 8.52. The summed E-state index contributed by atoms with van der Waals surface area (Å²) >= 11 is 3.29. The first-order valence-electron chi connectivity index (χ1n) is 7.72. The van der Waals surface area contributed by atoms with Gasteiger partial charge in [0.15, 0.2) is 0 Å². The monoisotopic (exact) mass is 437 g/mol. The van der Waals surface area contributed by atoms with Crippen LogP contribution in [0.3, 0.4) is 0 Å². The number of nitro groups is 1. The van der Waals surface area contributed by atoms with Gasteiger partial charge in [0.25, 0.3) is 0 Å². The van der Waals surface area contributed by atoms with E-state index < -0.39 is 16.9 Å². The first kappa shape index (κ1) is 20.2. The summed E-state index contributed by atoms with van der Waals surface area (Å²) in [6, 6.07) is 10.4. The summed E-state index contributed by atoms with van der Waals surface area (Å²) in [6.45, 7) is 0.00511. The number of carbonyl (C=O) groups excluding carboxylic acids is 2. The number of rotatable bonds is 7. The van der Waals surface area contributed by atoms with Crippen LogP contribution in [0.4, 0.5) is 16.2 Å². The molecule has 0 bridgehead atoms. The summed E-state index contributed by atoms with van der Waals surface area (Å²) in [5.41, 5.74) is 0.204. The number of hydrogen-bond donors (Lipinski definition) is 2. The normalized spacial score (nSPS) is 10.0. The van der Waals surface area contributed by atoms with Gasteiger partial charge in [0.1, 0.15) is 5.75 Å². The second-order valence-corrected chi connectivity index (χ2v) is 6.12. The molecule has 0 aliphatic carbocycles. The van der Waals surface area contributed by atoms with Gasteiger partial charge in [-0.2, -0.15) is 0 Å². The van der Waals surface area contributed by atoms with E-state index in [1.165, 1.54) is 19.2 Å². The Bertz CT molecular complexity index is 841. The molecule has 10 heteroatoms. The van der Waals surface area contributed by atoms with E-state index in [4.69, 9.17) is 9.47 Å². The molecule has 27 heavy (non-hydrogen) atoms. The van der Waals surface area contributed by atoms with E-state index in [2.05, 4.69) is 26.6 Å². The molecule has 0 heterocycles. The maximum atomic E-state index is 11.9. The number of anilines is 1. The number of nitro benzene ring substituents is 1. The van der Waals surface area contributed by atoms with Crippen LogP contribution in [0.1, 0.15) is 6.42 Å². The predicted molar refractivity (Wildman–Crippen MR) is 101 cm³/mol. The van der Waals surface area contributed by atoms with Gasteiger partial charge in [-0.25, -0.2) is 4.79 Å². The van der Waals surface area contributed by atoms with Gasteiger partial charge in [-0.05, 0) is 36.4 Å². The lowest BCUT2D eigenvalue weighted by Crippen LogP contribution is -2.31. The Morgan fingerprint density at radius 1 is 1.19 bits per heavy atom. The van der Waals surface area contributed by atoms with Crippen molar-refractivity contribution in [2.24, 2.45) is 0 Å². The van der Waals surface area contributed by atoms with Crippen molar-refractivity contribution in [1.29, 1.82) is 0 Å². The quantitative estimate of drug-likeness (QED) is 0.296. The topological polar surface area (TPSA) is 120 Å². The fraction of sp³-hybridized carbons (Fsp3) is 0.176. The highest BCUT2D eigenvalue weighted by atomic mass is 79.9. The summed E-state index contributed by atoms with van der Waals surface area (Å²) in [5.74, 6) is -0.634. The van der Waals surface area contributed by atoms with Crippen LogP contribution in [0.15, 0.2) is 46.9 Å². The highest BCUT2D eigenvalue weighted by Gasteiger charge is 2.19. The van der Waals surface area contributed by atoms with Crippen LogP contribution in [0.5, 0.6) is 11.5 Å². The van der Waals surface area contributed by atoms with Gasteiger partial charge in [0, 0.05) is 16.7 Å². The van der Waals surface area contributed by atoms with E-state index in [-0.39, 0.29) is 30.2 Å². The first-order chi connectivity index (χ1) is 12.9. The SMILES string of the molecule is COc1ccc(OC(=O)CCNC(=O)Nc2ccc(Br)cc2)c([N+](=O)[O-])c1. The van der Waals surface area contributed by atoms with Crippen molar-refractivity contribution in [3.63, 3.8) is 0 Å². The van der Waals surface area contributed by atoms with Gasteiger partial charge >= 0.3 is 17.7 Å². The number of ether oxygens (including phenoxy) is 2. The van der Waals surface area contributed by atoms with Crippen LogP contribution in [0, 0.1) is 10.1 Å². The fourth-order valence-electron chi connectivity index (χ4n) is 2.01. The van der Waals surface area contributed by atoms with Crippen molar-refractivity contribution in [2.75, 3.05) is 19.0 Å². The summed E-state index contributed by atoms with van der Waals surface area (Å²) in [7, 11) is 1.37. The average Bonchev–Trinajstić information content (AvgIpc) is 2.63. The minimum absolute atomic E-state index is 0.00511. The molecular weight excluding hydrogens is 422 g/mol. The Kier molecular flexibility index (Phi) is 7.12. The lowest BCUT2D eigenvalue weighted by molar-refractivity contribution is -0.385. The lowest BCUT2D eigenvalue weighted by atomic mass is 10.3. The standard InChI is InChI=1S/C17H16BrN3O6/c1-26-13-6-7-15(14(10-13)21(24)25)27-16(22)8-9-19-17(23)20-12-4-2-11(18)3-5-12/h2-7,10H,8-9H2,1H3,(H2,19,20,23). The Hall–Kier alpha value is -3.14. The largest absolute Gasteiger partial charge is 0.496 e. The molecule has 0 spiro atoms. The highest BCUT2D eigenvalue weighted by Crippen LogP contribution is 2.31. The Labute approximate surface area is 162 Å². The molecule has 2 rings (SSSR count). The Balaban J connectivity index is 1.83. The number of esters is 1. The summed E-state index contributed by atoms with van der Waals surface area (Å²) < 4.78 is 10.8. The molecule has 2 N–H and O–H groups in total. The number of nitrogens with zero attached hydrogens (tertiary/aromatic N) is 1. The molecule has 0 aliphatic rings.